The van der Waals surface area contributed by atoms with Gasteiger partial charge in [-0.2, -0.15) is 0 Å². The molecule has 0 saturated heterocycles. The Bertz CT molecular complexity index is 621. The van der Waals surface area contributed by atoms with E-state index in [0.717, 1.165) is 37.0 Å². The molecule has 2 nitrogen and oxygen atoms in total. The fraction of sp³-hybridized carbons (Fsp3) is 0.368. The lowest BCUT2D eigenvalue weighted by Gasteiger charge is -2.19. The molecular weight excluding hydrogens is 260 g/mol. The second-order valence-corrected chi connectivity index (χ2v) is 6.27. The summed E-state index contributed by atoms with van der Waals surface area (Å²) in [5.41, 5.74) is 3.74. The van der Waals surface area contributed by atoms with Crippen LogP contribution in [0.25, 0.3) is 0 Å². The summed E-state index contributed by atoms with van der Waals surface area (Å²) in [5, 5.41) is 10.7. The van der Waals surface area contributed by atoms with Gasteiger partial charge in [-0.25, -0.2) is 0 Å². The summed E-state index contributed by atoms with van der Waals surface area (Å²) in [6, 6.07) is 16.5. The molecule has 2 aliphatic carbocycles. The standard InChI is InChI=1S/C19H20O2/c20-19(16-10-13-4-1-2-5-14(13)11-16)15-6-3-7-18(12-15)21-17-8-9-17/h1-7,12,16-17,19-20H,8-11H2. The molecule has 0 heterocycles. The van der Waals surface area contributed by atoms with Gasteiger partial charge in [0, 0.05) is 0 Å². The Morgan fingerprint density at radius 1 is 0.952 bits per heavy atom. The van der Waals surface area contributed by atoms with Gasteiger partial charge in [-0.15, -0.1) is 0 Å². The van der Waals surface area contributed by atoms with Crippen molar-refractivity contribution in [1.82, 2.24) is 0 Å². The molecule has 2 aromatic carbocycles. The van der Waals surface area contributed by atoms with E-state index < -0.39 is 6.10 Å². The Hall–Kier alpha value is -1.80. The zero-order valence-electron chi connectivity index (χ0n) is 12.0. The molecule has 1 fully saturated rings. The third-order valence-electron chi connectivity index (χ3n) is 4.56. The van der Waals surface area contributed by atoms with Crippen LogP contribution in [0.5, 0.6) is 5.75 Å². The first kappa shape index (κ1) is 12.9. The highest BCUT2D eigenvalue weighted by molar-refractivity contribution is 5.35. The molecule has 0 radical (unpaired) electrons. The topological polar surface area (TPSA) is 29.5 Å². The van der Waals surface area contributed by atoms with Crippen molar-refractivity contribution in [3.8, 4) is 5.75 Å². The Kier molecular flexibility index (Phi) is 3.19. The molecule has 4 rings (SSSR count). The van der Waals surface area contributed by atoms with Crippen LogP contribution in [0.3, 0.4) is 0 Å². The lowest BCUT2D eigenvalue weighted by Crippen LogP contribution is -2.13. The minimum atomic E-state index is -0.417. The minimum absolute atomic E-state index is 0.276. The van der Waals surface area contributed by atoms with Crippen molar-refractivity contribution in [3.05, 3.63) is 65.2 Å². The molecule has 1 atom stereocenters. The molecule has 0 spiro atoms. The number of fused-ring (bicyclic) bond motifs is 1. The summed E-state index contributed by atoms with van der Waals surface area (Å²) in [5.74, 6) is 1.17. The normalized spacial score (nSPS) is 19.3. The van der Waals surface area contributed by atoms with Crippen LogP contribution < -0.4 is 4.74 Å². The zero-order valence-corrected chi connectivity index (χ0v) is 12.0. The summed E-state index contributed by atoms with van der Waals surface area (Å²) < 4.78 is 5.83. The van der Waals surface area contributed by atoms with E-state index in [9.17, 15) is 5.11 Å². The number of ether oxygens (including phenoxy) is 1. The number of aliphatic hydroxyl groups excluding tert-OH is 1. The fourth-order valence-corrected chi connectivity index (χ4v) is 3.24. The van der Waals surface area contributed by atoms with Crippen LogP contribution >= 0.6 is 0 Å². The quantitative estimate of drug-likeness (QED) is 0.926. The van der Waals surface area contributed by atoms with Crippen LogP contribution in [0.4, 0.5) is 0 Å². The van der Waals surface area contributed by atoms with E-state index in [-0.39, 0.29) is 5.92 Å². The fourth-order valence-electron chi connectivity index (χ4n) is 3.24. The maximum Gasteiger partial charge on any atom is 0.120 e. The van der Waals surface area contributed by atoms with E-state index in [1.807, 2.05) is 24.3 Å². The largest absolute Gasteiger partial charge is 0.490 e. The predicted octanol–water partition coefficient (Wildman–Crippen LogP) is 3.68. The van der Waals surface area contributed by atoms with Gasteiger partial charge in [0.05, 0.1) is 12.2 Å². The van der Waals surface area contributed by atoms with E-state index in [0.29, 0.717) is 6.10 Å². The molecule has 2 aromatic rings. The Labute approximate surface area is 125 Å². The average Bonchev–Trinajstić information content (AvgIpc) is 3.21. The highest BCUT2D eigenvalue weighted by Gasteiger charge is 2.29. The Morgan fingerprint density at radius 2 is 1.67 bits per heavy atom. The van der Waals surface area contributed by atoms with Crippen LogP contribution in [0, 0.1) is 5.92 Å². The average molecular weight is 280 g/mol. The maximum absolute atomic E-state index is 10.7. The highest BCUT2D eigenvalue weighted by atomic mass is 16.5. The van der Waals surface area contributed by atoms with E-state index >= 15 is 0 Å². The van der Waals surface area contributed by atoms with Gasteiger partial charge < -0.3 is 9.84 Å². The van der Waals surface area contributed by atoms with Crippen LogP contribution in [0.2, 0.25) is 0 Å². The van der Waals surface area contributed by atoms with Crippen molar-refractivity contribution in [3.63, 3.8) is 0 Å². The number of benzene rings is 2. The molecule has 2 aliphatic rings. The summed E-state index contributed by atoms with van der Waals surface area (Å²) in [7, 11) is 0. The molecule has 0 aromatic heterocycles. The van der Waals surface area contributed by atoms with Crippen LogP contribution in [-0.4, -0.2) is 11.2 Å². The van der Waals surface area contributed by atoms with Gasteiger partial charge in [0.2, 0.25) is 0 Å². The monoisotopic (exact) mass is 280 g/mol. The second-order valence-electron chi connectivity index (χ2n) is 6.27. The van der Waals surface area contributed by atoms with Crippen LogP contribution in [0.1, 0.15) is 35.6 Å². The molecule has 0 bridgehead atoms. The van der Waals surface area contributed by atoms with Crippen LogP contribution in [0.15, 0.2) is 48.5 Å². The lowest BCUT2D eigenvalue weighted by molar-refractivity contribution is 0.113. The van der Waals surface area contributed by atoms with Crippen molar-refractivity contribution >= 4 is 0 Å². The van der Waals surface area contributed by atoms with Gasteiger partial charge >= 0.3 is 0 Å². The Balaban J connectivity index is 1.51. The van der Waals surface area contributed by atoms with Gasteiger partial charge in [0.25, 0.3) is 0 Å². The second kappa shape index (κ2) is 5.19. The third kappa shape index (κ3) is 2.68. The van der Waals surface area contributed by atoms with Gasteiger partial charge in [0.15, 0.2) is 0 Å². The summed E-state index contributed by atoms with van der Waals surface area (Å²) in [6.45, 7) is 0. The first-order valence-electron chi connectivity index (χ1n) is 7.81. The van der Waals surface area contributed by atoms with Crippen molar-refractivity contribution in [2.45, 2.75) is 37.9 Å². The molecule has 1 N–H and O–H groups in total. The molecule has 21 heavy (non-hydrogen) atoms. The number of aliphatic hydroxyl groups is 1. The van der Waals surface area contributed by atoms with Crippen LogP contribution in [-0.2, 0) is 12.8 Å². The maximum atomic E-state index is 10.7. The summed E-state index contributed by atoms with van der Waals surface area (Å²) >= 11 is 0. The van der Waals surface area contributed by atoms with E-state index in [2.05, 4.69) is 24.3 Å². The van der Waals surface area contributed by atoms with Crippen molar-refractivity contribution in [1.29, 1.82) is 0 Å². The molecule has 0 aliphatic heterocycles. The van der Waals surface area contributed by atoms with E-state index in [4.69, 9.17) is 4.74 Å². The molecule has 108 valence electrons. The molecular formula is C19H20O2. The summed E-state index contributed by atoms with van der Waals surface area (Å²) in [4.78, 5) is 0. The van der Waals surface area contributed by atoms with Gasteiger partial charge in [-0.05, 0) is 60.4 Å². The van der Waals surface area contributed by atoms with Gasteiger partial charge in [-0.3, -0.25) is 0 Å². The van der Waals surface area contributed by atoms with Crippen molar-refractivity contribution < 1.29 is 9.84 Å². The number of hydrogen-bond donors (Lipinski definition) is 1. The molecule has 1 unspecified atom stereocenters. The van der Waals surface area contributed by atoms with Crippen molar-refractivity contribution in [2.24, 2.45) is 5.92 Å². The zero-order chi connectivity index (χ0) is 14.2. The number of hydrogen-bond acceptors (Lipinski definition) is 2. The van der Waals surface area contributed by atoms with Crippen molar-refractivity contribution in [2.75, 3.05) is 0 Å². The minimum Gasteiger partial charge on any atom is -0.490 e. The third-order valence-corrected chi connectivity index (χ3v) is 4.56. The van der Waals surface area contributed by atoms with Gasteiger partial charge in [0.1, 0.15) is 5.75 Å². The van der Waals surface area contributed by atoms with Gasteiger partial charge in [-0.1, -0.05) is 36.4 Å². The van der Waals surface area contributed by atoms with E-state index in [1.165, 1.54) is 11.1 Å². The Morgan fingerprint density at radius 3 is 2.33 bits per heavy atom. The van der Waals surface area contributed by atoms with E-state index in [1.54, 1.807) is 0 Å². The first-order valence-corrected chi connectivity index (χ1v) is 7.81. The molecule has 2 heteroatoms. The lowest BCUT2D eigenvalue weighted by atomic mass is 9.93. The first-order chi connectivity index (χ1) is 10.3. The molecule has 1 saturated carbocycles. The predicted molar refractivity (Wildman–Crippen MR) is 82.4 cm³/mol. The summed E-state index contributed by atoms with van der Waals surface area (Å²) in [6.07, 6.45) is 4.22. The SMILES string of the molecule is OC(c1cccc(OC2CC2)c1)C1Cc2ccccc2C1. The number of rotatable bonds is 4. The molecule has 0 amide bonds. The smallest absolute Gasteiger partial charge is 0.120 e. The highest BCUT2D eigenvalue weighted by Crippen LogP contribution is 2.36.